The fourth-order valence-corrected chi connectivity index (χ4v) is 4.26. The number of rotatable bonds is 10. The lowest BCUT2D eigenvalue weighted by atomic mass is 10.2. The highest BCUT2D eigenvalue weighted by atomic mass is 32.2. The summed E-state index contributed by atoms with van der Waals surface area (Å²) in [5.74, 6) is -3.36. The predicted octanol–water partition coefficient (Wildman–Crippen LogP) is 1.61. The second kappa shape index (κ2) is 10.9. The Hall–Kier alpha value is -3.06. The Morgan fingerprint density at radius 3 is 2.56 bits per heavy atom. The number of hydrogen-bond donors (Lipinski definition) is 4. The van der Waals surface area contributed by atoms with Gasteiger partial charge in [-0.05, 0) is 31.2 Å². The summed E-state index contributed by atoms with van der Waals surface area (Å²) in [5, 5.41) is 22.5. The van der Waals surface area contributed by atoms with E-state index in [4.69, 9.17) is 5.26 Å². The van der Waals surface area contributed by atoms with Crippen molar-refractivity contribution in [1.82, 2.24) is 14.6 Å². The number of aromatic nitrogens is 1. The zero-order valence-corrected chi connectivity index (χ0v) is 18.4. The predicted molar refractivity (Wildman–Crippen MR) is 109 cm³/mol. The van der Waals surface area contributed by atoms with Crippen LogP contribution in [0.4, 0.5) is 27.6 Å². The number of amides is 1. The van der Waals surface area contributed by atoms with Gasteiger partial charge in [-0.1, -0.05) is 0 Å². The van der Waals surface area contributed by atoms with Crippen LogP contribution in [-0.4, -0.2) is 55.9 Å². The van der Waals surface area contributed by atoms with Crippen molar-refractivity contribution in [3.63, 3.8) is 0 Å². The lowest BCUT2D eigenvalue weighted by Crippen LogP contribution is -2.40. The van der Waals surface area contributed by atoms with Crippen LogP contribution < -0.4 is 15.4 Å². The molecule has 1 atom stereocenters. The van der Waals surface area contributed by atoms with Crippen molar-refractivity contribution in [3.8, 4) is 6.07 Å². The molecule has 1 amide bonds. The zero-order valence-electron chi connectivity index (χ0n) is 17.6. The van der Waals surface area contributed by atoms with Crippen LogP contribution in [0, 0.1) is 23.0 Å². The van der Waals surface area contributed by atoms with E-state index in [0.717, 1.165) is 29.0 Å². The molecule has 0 aliphatic rings. The van der Waals surface area contributed by atoms with Crippen LogP contribution in [-0.2, 0) is 17.1 Å². The number of anilines is 1. The Kier molecular flexibility index (Phi) is 8.72. The van der Waals surface area contributed by atoms with E-state index in [1.54, 1.807) is 6.07 Å². The van der Waals surface area contributed by atoms with Crippen LogP contribution >= 0.6 is 0 Å². The number of aryl methyl sites for hydroxylation is 1. The van der Waals surface area contributed by atoms with Gasteiger partial charge in [0.1, 0.15) is 22.5 Å². The van der Waals surface area contributed by atoms with Gasteiger partial charge in [0, 0.05) is 25.0 Å². The van der Waals surface area contributed by atoms with Gasteiger partial charge in [0.2, 0.25) is 10.0 Å². The van der Waals surface area contributed by atoms with Gasteiger partial charge in [0.25, 0.3) is 5.91 Å². The van der Waals surface area contributed by atoms with Gasteiger partial charge in [0.15, 0.2) is 5.82 Å². The third kappa shape index (κ3) is 6.97. The van der Waals surface area contributed by atoms with E-state index in [1.165, 1.54) is 7.05 Å². The van der Waals surface area contributed by atoms with Gasteiger partial charge in [-0.25, -0.2) is 21.9 Å². The molecule has 0 radical (unpaired) electrons. The van der Waals surface area contributed by atoms with Crippen molar-refractivity contribution >= 4 is 21.6 Å². The molecule has 2 aromatic rings. The molecule has 9 nitrogen and oxygen atoms in total. The molecule has 0 aliphatic heterocycles. The highest BCUT2D eigenvalue weighted by molar-refractivity contribution is 7.89. The van der Waals surface area contributed by atoms with E-state index >= 15 is 0 Å². The van der Waals surface area contributed by atoms with E-state index in [-0.39, 0.29) is 24.2 Å². The molecule has 1 unspecified atom stereocenters. The summed E-state index contributed by atoms with van der Waals surface area (Å²) in [6.45, 7) is -2.38. The number of alkyl halides is 3. The number of sulfonamides is 1. The number of nitrogens with zero attached hydrogens (tertiary/aromatic N) is 2. The second-order valence-corrected chi connectivity index (χ2v) is 8.79. The summed E-state index contributed by atoms with van der Waals surface area (Å²) >= 11 is 0. The molecule has 2 rings (SSSR count). The first-order valence-electron chi connectivity index (χ1n) is 9.55. The monoisotopic (exact) mass is 509 g/mol. The average Bonchev–Trinajstić information content (AvgIpc) is 3.05. The number of carbonyl (C=O) groups is 1. The van der Waals surface area contributed by atoms with Crippen LogP contribution in [0.2, 0.25) is 0 Å². The normalized spacial score (nSPS) is 12.9. The summed E-state index contributed by atoms with van der Waals surface area (Å²) in [5.41, 5.74) is -1.12. The molecule has 1 heterocycles. The lowest BCUT2D eigenvalue weighted by Gasteiger charge is -2.16. The molecule has 4 N–H and O–H groups in total. The number of aliphatic hydroxyl groups excluding tert-OH is 1. The van der Waals surface area contributed by atoms with Gasteiger partial charge in [-0.3, -0.25) is 4.79 Å². The first-order chi connectivity index (χ1) is 15.8. The van der Waals surface area contributed by atoms with Crippen molar-refractivity contribution in [2.75, 3.05) is 25.0 Å². The molecular formula is C19H20F5N5O4S. The zero-order chi connectivity index (χ0) is 25.7. The Balaban J connectivity index is 2.17. The van der Waals surface area contributed by atoms with Crippen molar-refractivity contribution < 1.29 is 40.3 Å². The maximum Gasteiger partial charge on any atom is 0.401 e. The topological polar surface area (TPSA) is 136 Å². The van der Waals surface area contributed by atoms with Crippen molar-refractivity contribution in [1.29, 1.82) is 5.26 Å². The molecule has 0 saturated carbocycles. The summed E-state index contributed by atoms with van der Waals surface area (Å²) < 4.78 is 92.9. The van der Waals surface area contributed by atoms with Crippen LogP contribution in [0.25, 0.3) is 0 Å². The van der Waals surface area contributed by atoms with Gasteiger partial charge in [-0.2, -0.15) is 18.4 Å². The SMILES string of the molecule is Cn1cc(S(=O)(=O)NC(CO)CCNCC(F)(F)F)c(F)c1C(=O)Nc1ccc(F)c(C#N)c1. The number of hydrogen-bond acceptors (Lipinski definition) is 6. The molecule has 15 heteroatoms. The number of nitrogens with one attached hydrogen (secondary N) is 3. The van der Waals surface area contributed by atoms with E-state index in [0.29, 0.717) is 0 Å². The van der Waals surface area contributed by atoms with Crippen LogP contribution in [0.3, 0.4) is 0 Å². The minimum Gasteiger partial charge on any atom is -0.395 e. The first kappa shape index (κ1) is 27.2. The number of halogens is 5. The van der Waals surface area contributed by atoms with Gasteiger partial charge in [0.05, 0.1) is 18.7 Å². The highest BCUT2D eigenvalue weighted by Gasteiger charge is 2.31. The fraction of sp³-hybridized carbons (Fsp3) is 0.368. The van der Waals surface area contributed by atoms with Crippen LogP contribution in [0.1, 0.15) is 22.5 Å². The molecule has 1 aromatic heterocycles. The van der Waals surface area contributed by atoms with E-state index in [1.807, 2.05) is 10.0 Å². The minimum atomic E-state index is -4.62. The summed E-state index contributed by atoms with van der Waals surface area (Å²) in [7, 11) is -3.43. The molecule has 0 saturated heterocycles. The average molecular weight is 509 g/mol. The van der Waals surface area contributed by atoms with Crippen molar-refractivity contribution in [2.45, 2.75) is 23.5 Å². The first-order valence-corrected chi connectivity index (χ1v) is 11.0. The van der Waals surface area contributed by atoms with E-state index in [9.17, 15) is 40.3 Å². The number of carbonyl (C=O) groups excluding carboxylic acids is 1. The van der Waals surface area contributed by atoms with Gasteiger partial charge in [-0.15, -0.1) is 0 Å². The number of benzene rings is 1. The van der Waals surface area contributed by atoms with Crippen molar-refractivity contribution in [2.24, 2.45) is 7.05 Å². The molecule has 0 aliphatic carbocycles. The molecule has 0 fully saturated rings. The second-order valence-electron chi connectivity index (χ2n) is 7.11. The number of aliphatic hydroxyl groups is 1. The molecule has 0 spiro atoms. The summed E-state index contributed by atoms with van der Waals surface area (Å²) in [6, 6.07) is 3.37. The molecule has 1 aromatic carbocycles. The highest BCUT2D eigenvalue weighted by Crippen LogP contribution is 2.22. The van der Waals surface area contributed by atoms with Crippen molar-refractivity contribution in [3.05, 3.63) is 47.3 Å². The maximum absolute atomic E-state index is 14.9. The third-order valence-corrected chi connectivity index (χ3v) is 5.98. The summed E-state index contributed by atoms with van der Waals surface area (Å²) in [6.07, 6.45) is -3.91. The van der Waals surface area contributed by atoms with Gasteiger partial charge >= 0.3 is 6.18 Å². The maximum atomic E-state index is 14.9. The quantitative estimate of drug-likeness (QED) is 0.284. The van der Waals surface area contributed by atoms with Gasteiger partial charge < -0.3 is 20.3 Å². The molecule has 0 bridgehead atoms. The fourth-order valence-electron chi connectivity index (χ4n) is 2.87. The van der Waals surface area contributed by atoms with Crippen LogP contribution in [0.5, 0.6) is 0 Å². The number of nitriles is 1. The lowest BCUT2D eigenvalue weighted by molar-refractivity contribution is -0.124. The van der Waals surface area contributed by atoms with E-state index < -0.39 is 63.5 Å². The standard InChI is InChI=1S/C19H20F5N5O4S/c1-29-8-15(34(32,33)28-13(9-30)4-5-26-10-19(22,23)24)16(21)17(29)18(31)27-12-2-3-14(20)11(6-12)7-25/h2-3,6,8,13,26,28,30H,4-5,9-10H2,1H3,(H,27,31). The molecular weight excluding hydrogens is 489 g/mol. The Morgan fingerprint density at radius 1 is 1.29 bits per heavy atom. The Bertz CT molecular complexity index is 1190. The third-order valence-electron chi connectivity index (χ3n) is 4.47. The molecule has 186 valence electrons. The van der Waals surface area contributed by atoms with E-state index in [2.05, 4.69) is 5.32 Å². The molecule has 34 heavy (non-hydrogen) atoms. The smallest absolute Gasteiger partial charge is 0.395 e. The Morgan fingerprint density at radius 2 is 1.97 bits per heavy atom. The summed E-state index contributed by atoms with van der Waals surface area (Å²) in [4.78, 5) is 11.6. The minimum absolute atomic E-state index is 0.0437. The Labute approximate surface area is 191 Å². The van der Waals surface area contributed by atoms with Crippen LogP contribution in [0.15, 0.2) is 29.3 Å². The largest absolute Gasteiger partial charge is 0.401 e.